The van der Waals surface area contributed by atoms with Crippen LogP contribution in [0.1, 0.15) is 52.7 Å². The van der Waals surface area contributed by atoms with Gasteiger partial charge in [-0.3, -0.25) is 0 Å². The van der Waals surface area contributed by atoms with Crippen LogP contribution in [0.5, 0.6) is 0 Å². The molecule has 0 saturated heterocycles. The molecule has 2 aliphatic rings. The number of nitrogens with zero attached hydrogens (tertiary/aromatic N) is 2. The summed E-state index contributed by atoms with van der Waals surface area (Å²) in [4.78, 5) is 9.86. The van der Waals surface area contributed by atoms with Gasteiger partial charge in [-0.15, -0.1) is 0 Å². The molecular formula is C34H36Br2FeN2O2. The van der Waals surface area contributed by atoms with Crippen molar-refractivity contribution in [3.8, 4) is 11.1 Å². The van der Waals surface area contributed by atoms with Crippen LogP contribution in [0.25, 0.3) is 32.7 Å². The Kier molecular flexibility index (Phi) is 9.01. The summed E-state index contributed by atoms with van der Waals surface area (Å²) in [5.74, 6) is 1.43. The average molecular weight is 720 g/mol. The molecule has 4 aromatic rings. The minimum absolute atomic E-state index is 0.00124. The second-order valence-corrected chi connectivity index (χ2v) is 18.3. The van der Waals surface area contributed by atoms with E-state index in [9.17, 15) is 0 Å². The first-order valence-electron chi connectivity index (χ1n) is 13.8. The van der Waals surface area contributed by atoms with E-state index < -0.39 is 0 Å². The van der Waals surface area contributed by atoms with Crippen LogP contribution in [0.3, 0.4) is 0 Å². The minimum atomic E-state index is 0.00124. The van der Waals surface area contributed by atoms with E-state index in [0.29, 0.717) is 24.9 Å². The molecule has 4 nitrogen and oxygen atoms in total. The number of hydrogen-bond donors (Lipinski definition) is 0. The van der Waals surface area contributed by atoms with Crippen LogP contribution in [0, 0.1) is 10.8 Å². The zero-order valence-corrected chi connectivity index (χ0v) is 28.6. The summed E-state index contributed by atoms with van der Waals surface area (Å²) in [7, 11) is 0. The van der Waals surface area contributed by atoms with Crippen molar-refractivity contribution in [2.24, 2.45) is 20.8 Å². The summed E-state index contributed by atoms with van der Waals surface area (Å²) in [6.07, 6.45) is 0.0813. The van der Waals surface area contributed by atoms with E-state index >= 15 is 0 Å². The van der Waals surface area contributed by atoms with Gasteiger partial charge in [0.25, 0.3) is 0 Å². The molecule has 6 rings (SSSR count). The van der Waals surface area contributed by atoms with Gasteiger partial charge in [0.2, 0.25) is 11.8 Å². The number of rotatable bonds is 3. The van der Waals surface area contributed by atoms with Crippen molar-refractivity contribution < 1.29 is 20.8 Å². The van der Waals surface area contributed by atoms with Gasteiger partial charge in [-0.2, -0.15) is 0 Å². The number of ether oxygens (including phenoxy) is 2. The van der Waals surface area contributed by atoms with Crippen molar-refractivity contribution in [2.75, 3.05) is 13.1 Å². The fourth-order valence-electron chi connectivity index (χ4n) is 5.39. The molecule has 216 valence electrons. The first kappa shape index (κ1) is 30.3. The summed E-state index contributed by atoms with van der Waals surface area (Å²) in [5, 5.41) is 4.69. The fourth-order valence-corrected chi connectivity index (χ4v) is 5.39. The standard InChI is InChI=1S/C34H36N2O2.2BrH.Fe/c1-33(2,3)27-19-35-31(37-27)25-17-15-21-11-7-9-13-23(21)29(25)30-24-14-10-8-12-22(24)16-18-26(30)32-36-20-28(38-32)34(4,5)6;;;/h7-18,27-28H,19-20H2,1-6H3;2*1H;/q;;;+2/p-2. The number of fused-ring (bicyclic) bond motifs is 2. The van der Waals surface area contributed by atoms with E-state index in [2.05, 4.69) is 143 Å². The van der Waals surface area contributed by atoms with Gasteiger partial charge in [0.05, 0.1) is 13.1 Å². The third-order valence-electron chi connectivity index (χ3n) is 7.81. The molecule has 2 unspecified atom stereocenters. The van der Waals surface area contributed by atoms with Gasteiger partial charge in [-0.1, -0.05) is 102 Å². The molecule has 7 heteroatoms. The fraction of sp³-hybridized carbons (Fsp3) is 0.353. The van der Waals surface area contributed by atoms with Gasteiger partial charge >= 0.3 is 39.6 Å². The number of benzene rings is 4. The Morgan fingerprint density at radius 2 is 0.976 bits per heavy atom. The summed E-state index contributed by atoms with van der Waals surface area (Å²) < 4.78 is 13.1. The van der Waals surface area contributed by atoms with Gasteiger partial charge in [0, 0.05) is 33.1 Å². The van der Waals surface area contributed by atoms with Gasteiger partial charge in [-0.25, -0.2) is 9.98 Å². The molecule has 0 aliphatic carbocycles. The van der Waals surface area contributed by atoms with Gasteiger partial charge in [0.15, 0.2) is 0 Å². The van der Waals surface area contributed by atoms with Crippen molar-refractivity contribution in [1.29, 1.82) is 0 Å². The van der Waals surface area contributed by atoms with E-state index in [1.54, 1.807) is 0 Å². The number of aliphatic imine (C=N–C) groups is 2. The number of halogens is 2. The predicted molar refractivity (Wildman–Crippen MR) is 176 cm³/mol. The third kappa shape index (κ3) is 6.29. The second-order valence-electron chi connectivity index (χ2n) is 12.7. The van der Waals surface area contributed by atoms with Crippen molar-refractivity contribution in [1.82, 2.24) is 0 Å². The monoisotopic (exact) mass is 718 g/mol. The van der Waals surface area contributed by atoms with Crippen molar-refractivity contribution in [3.05, 3.63) is 83.9 Å². The Bertz CT molecular complexity index is 1510. The Labute approximate surface area is 263 Å². The molecule has 2 aliphatic heterocycles. The Morgan fingerprint density at radius 1 is 0.610 bits per heavy atom. The van der Waals surface area contributed by atoms with Crippen LogP contribution in [0.15, 0.2) is 82.8 Å². The van der Waals surface area contributed by atoms with E-state index in [-0.39, 0.29) is 23.0 Å². The van der Waals surface area contributed by atoms with E-state index in [1.807, 2.05) is 0 Å². The zero-order chi connectivity index (χ0) is 29.4. The summed E-state index contributed by atoms with van der Waals surface area (Å²) >= 11 is 7.00. The molecule has 0 amide bonds. The van der Waals surface area contributed by atoms with Crippen molar-refractivity contribution >= 4 is 61.6 Å². The van der Waals surface area contributed by atoms with Crippen LogP contribution in [0.2, 0.25) is 0 Å². The number of hydrogen-bond acceptors (Lipinski definition) is 4. The summed E-state index contributed by atoms with van der Waals surface area (Å²) in [6, 6.07) is 25.8. The zero-order valence-electron chi connectivity index (χ0n) is 24.3. The SMILES string of the molecule is CC(C)(C)C1CN=C(c2ccc3ccccc3c2-c2c(C3=NCC(C(C)(C)C)O3)ccc3ccccc23)O1.[Br][Fe][Br]. The normalized spacial score (nSPS) is 18.9. The van der Waals surface area contributed by atoms with Gasteiger partial charge in [-0.05, 0) is 33.7 Å². The molecule has 2 atom stereocenters. The predicted octanol–water partition coefficient (Wildman–Crippen LogP) is 9.73. The van der Waals surface area contributed by atoms with E-state index in [0.717, 1.165) is 33.6 Å². The van der Waals surface area contributed by atoms with Crippen LogP contribution in [-0.2, 0) is 20.8 Å². The molecule has 2 heterocycles. The molecule has 0 N–H and O–H groups in total. The van der Waals surface area contributed by atoms with Crippen LogP contribution < -0.4 is 0 Å². The molecule has 0 saturated carbocycles. The molecule has 0 aromatic heterocycles. The van der Waals surface area contributed by atoms with Crippen molar-refractivity contribution in [3.63, 3.8) is 0 Å². The molecule has 0 bridgehead atoms. The first-order chi connectivity index (χ1) is 19.5. The van der Waals surface area contributed by atoms with Gasteiger partial charge < -0.3 is 9.47 Å². The second kappa shape index (κ2) is 12.2. The molecular weight excluding hydrogens is 684 g/mol. The Morgan fingerprint density at radius 3 is 1.32 bits per heavy atom. The molecule has 0 fully saturated rings. The Balaban J connectivity index is 0.00000108. The quantitative estimate of drug-likeness (QED) is 0.198. The van der Waals surface area contributed by atoms with Crippen LogP contribution >= 0.6 is 28.2 Å². The van der Waals surface area contributed by atoms with Gasteiger partial charge in [0.1, 0.15) is 12.2 Å². The first-order valence-corrected chi connectivity index (χ1v) is 19.3. The maximum absolute atomic E-state index is 6.55. The molecule has 4 aromatic carbocycles. The summed E-state index contributed by atoms with van der Waals surface area (Å²) in [5.41, 5.74) is 4.27. The van der Waals surface area contributed by atoms with E-state index in [1.165, 1.54) is 21.5 Å². The third-order valence-corrected chi connectivity index (χ3v) is 7.81. The van der Waals surface area contributed by atoms with Crippen LogP contribution in [-0.4, -0.2) is 37.1 Å². The molecule has 41 heavy (non-hydrogen) atoms. The molecule has 0 spiro atoms. The van der Waals surface area contributed by atoms with E-state index in [4.69, 9.17) is 19.5 Å². The maximum atomic E-state index is 6.55. The summed E-state index contributed by atoms with van der Waals surface area (Å²) in [6.45, 7) is 14.6. The van der Waals surface area contributed by atoms with Crippen molar-refractivity contribution in [2.45, 2.75) is 53.8 Å². The molecule has 0 radical (unpaired) electrons. The topological polar surface area (TPSA) is 43.2 Å². The van der Waals surface area contributed by atoms with Crippen LogP contribution in [0.4, 0.5) is 0 Å². The Hall–Kier alpha value is -2.18. The average Bonchev–Trinajstić information content (AvgIpc) is 3.63.